The molecule has 6 nitrogen and oxygen atoms in total. The first-order valence-corrected chi connectivity index (χ1v) is 12.9. The van der Waals surface area contributed by atoms with E-state index in [1.165, 1.54) is 4.88 Å². The summed E-state index contributed by atoms with van der Waals surface area (Å²) in [6, 6.07) is 7.29. The maximum absolute atomic E-state index is 13.5. The van der Waals surface area contributed by atoms with Crippen molar-refractivity contribution < 1.29 is 14.3 Å². The molecule has 1 aromatic carbocycles. The number of benzene rings is 1. The standard InChI is InChI=1S/C25H34ClN3O3S/c1-5-17(3)14-28(25(31)27-6-2)15-24(30)29-11-9-23-20(10-12-33-23)22(29)16-32-19-7-8-21(26)18(4)13-19/h7-8,10,12-13,17,22H,5-6,9,11,14-16H2,1-4H3,(H,27,31)/t17-,22-/m0/s1. The van der Waals surface area contributed by atoms with Crippen molar-refractivity contribution in [2.24, 2.45) is 5.92 Å². The van der Waals surface area contributed by atoms with E-state index in [1.54, 1.807) is 16.2 Å². The lowest BCUT2D eigenvalue weighted by atomic mass is 10.00. The van der Waals surface area contributed by atoms with Crippen molar-refractivity contribution in [3.8, 4) is 5.75 Å². The summed E-state index contributed by atoms with van der Waals surface area (Å²) in [5.74, 6) is 0.993. The highest BCUT2D eigenvalue weighted by atomic mass is 35.5. The van der Waals surface area contributed by atoms with E-state index in [9.17, 15) is 9.59 Å². The summed E-state index contributed by atoms with van der Waals surface area (Å²) >= 11 is 7.87. The van der Waals surface area contributed by atoms with Gasteiger partial charge in [0.2, 0.25) is 5.91 Å². The van der Waals surface area contributed by atoms with E-state index < -0.39 is 0 Å². The summed E-state index contributed by atoms with van der Waals surface area (Å²) < 4.78 is 6.12. The zero-order valence-corrected chi connectivity index (χ0v) is 21.5. The molecule has 2 heterocycles. The summed E-state index contributed by atoms with van der Waals surface area (Å²) in [6.07, 6.45) is 1.77. The monoisotopic (exact) mass is 491 g/mol. The molecule has 3 amide bonds. The fraction of sp³-hybridized carbons (Fsp3) is 0.520. The average Bonchev–Trinajstić information content (AvgIpc) is 3.28. The van der Waals surface area contributed by atoms with Crippen LogP contribution in [0.15, 0.2) is 29.6 Å². The van der Waals surface area contributed by atoms with Crippen molar-refractivity contribution in [3.05, 3.63) is 50.7 Å². The molecule has 8 heteroatoms. The number of aryl methyl sites for hydroxylation is 1. The number of nitrogens with one attached hydrogen (secondary N) is 1. The number of nitrogens with zero attached hydrogens (tertiary/aromatic N) is 2. The average molecular weight is 492 g/mol. The molecule has 0 spiro atoms. The number of hydrogen-bond acceptors (Lipinski definition) is 4. The molecule has 0 saturated heterocycles. The fourth-order valence-electron chi connectivity index (χ4n) is 4.00. The van der Waals surface area contributed by atoms with Gasteiger partial charge in [-0.05, 0) is 67.0 Å². The quantitative estimate of drug-likeness (QED) is 0.518. The third-order valence-electron chi connectivity index (χ3n) is 6.12. The Kier molecular flexibility index (Phi) is 9.03. The lowest BCUT2D eigenvalue weighted by molar-refractivity contribution is -0.135. The highest BCUT2D eigenvalue weighted by Crippen LogP contribution is 2.34. The Balaban J connectivity index is 1.77. The number of carbonyl (C=O) groups excluding carboxylic acids is 2. The highest BCUT2D eigenvalue weighted by Gasteiger charge is 2.33. The molecular formula is C25H34ClN3O3S. The molecule has 1 aliphatic heterocycles. The van der Waals surface area contributed by atoms with Crippen molar-refractivity contribution >= 4 is 34.9 Å². The van der Waals surface area contributed by atoms with Gasteiger partial charge < -0.3 is 19.9 Å². The molecule has 0 saturated carbocycles. The van der Waals surface area contributed by atoms with Crippen LogP contribution in [-0.4, -0.2) is 54.5 Å². The summed E-state index contributed by atoms with van der Waals surface area (Å²) in [4.78, 5) is 30.9. The largest absolute Gasteiger partial charge is 0.491 e. The third-order valence-corrected chi connectivity index (χ3v) is 7.54. The number of amides is 3. The molecule has 3 rings (SSSR count). The van der Waals surface area contributed by atoms with Crippen molar-refractivity contribution in [2.45, 2.75) is 46.6 Å². The number of rotatable bonds is 9. The molecule has 0 bridgehead atoms. The van der Waals surface area contributed by atoms with E-state index in [1.807, 2.05) is 36.9 Å². The first-order chi connectivity index (χ1) is 15.8. The van der Waals surface area contributed by atoms with Gasteiger partial charge >= 0.3 is 6.03 Å². The molecule has 1 N–H and O–H groups in total. The van der Waals surface area contributed by atoms with Crippen LogP contribution < -0.4 is 10.1 Å². The normalized spacial score (nSPS) is 16.2. The van der Waals surface area contributed by atoms with Crippen LogP contribution in [0.4, 0.5) is 4.79 Å². The van der Waals surface area contributed by atoms with Gasteiger partial charge in [0.1, 0.15) is 18.9 Å². The zero-order valence-electron chi connectivity index (χ0n) is 19.9. The first kappa shape index (κ1) is 25.4. The maximum atomic E-state index is 13.5. The molecule has 0 radical (unpaired) electrons. The number of hydrogen-bond donors (Lipinski definition) is 1. The predicted molar refractivity (Wildman–Crippen MR) is 134 cm³/mol. The minimum Gasteiger partial charge on any atom is -0.491 e. The van der Waals surface area contributed by atoms with Gasteiger partial charge in [-0.1, -0.05) is 31.9 Å². The smallest absolute Gasteiger partial charge is 0.317 e. The summed E-state index contributed by atoms with van der Waals surface area (Å²) in [7, 11) is 0. The topological polar surface area (TPSA) is 61.9 Å². The number of ether oxygens (including phenoxy) is 1. The Labute approximate surface area is 205 Å². The van der Waals surface area contributed by atoms with Crippen molar-refractivity contribution in [2.75, 3.05) is 32.8 Å². The van der Waals surface area contributed by atoms with Crippen LogP contribution >= 0.6 is 22.9 Å². The van der Waals surface area contributed by atoms with Crippen LogP contribution in [0.3, 0.4) is 0 Å². The fourth-order valence-corrected chi connectivity index (χ4v) is 5.04. The summed E-state index contributed by atoms with van der Waals surface area (Å²) in [6.45, 7) is 10.1. The molecule has 1 aliphatic rings. The van der Waals surface area contributed by atoms with E-state index in [0.717, 1.165) is 29.7 Å². The first-order valence-electron chi connectivity index (χ1n) is 11.6. The van der Waals surface area contributed by atoms with E-state index in [-0.39, 0.29) is 24.5 Å². The highest BCUT2D eigenvalue weighted by molar-refractivity contribution is 7.10. The molecule has 2 atom stereocenters. The number of carbonyl (C=O) groups is 2. The summed E-state index contributed by atoms with van der Waals surface area (Å²) in [5.41, 5.74) is 2.08. The Bertz CT molecular complexity index is 964. The van der Waals surface area contributed by atoms with E-state index in [0.29, 0.717) is 37.2 Å². The second-order valence-electron chi connectivity index (χ2n) is 8.60. The number of halogens is 1. The van der Waals surface area contributed by atoms with Gasteiger partial charge in [0.15, 0.2) is 0 Å². The maximum Gasteiger partial charge on any atom is 0.317 e. The van der Waals surface area contributed by atoms with Crippen LogP contribution in [0, 0.1) is 12.8 Å². The number of thiophene rings is 1. The molecule has 2 aromatic rings. The van der Waals surface area contributed by atoms with Gasteiger partial charge in [-0.2, -0.15) is 0 Å². The Morgan fingerprint density at radius 1 is 1.33 bits per heavy atom. The van der Waals surface area contributed by atoms with Crippen molar-refractivity contribution in [1.29, 1.82) is 0 Å². The van der Waals surface area contributed by atoms with Gasteiger partial charge in [0.25, 0.3) is 0 Å². The van der Waals surface area contributed by atoms with Crippen LogP contribution in [0.25, 0.3) is 0 Å². The van der Waals surface area contributed by atoms with Gasteiger partial charge in [-0.15, -0.1) is 11.3 Å². The molecule has 0 aliphatic carbocycles. The second-order valence-corrected chi connectivity index (χ2v) is 10.0. The molecule has 1 aromatic heterocycles. The SMILES string of the molecule is CCNC(=O)N(CC(=O)N1CCc2sccc2[C@@H]1COc1ccc(Cl)c(C)c1)C[C@@H](C)CC. The van der Waals surface area contributed by atoms with Crippen molar-refractivity contribution in [3.63, 3.8) is 0 Å². The van der Waals surface area contributed by atoms with Crippen LogP contribution in [0.5, 0.6) is 5.75 Å². The number of fused-ring (bicyclic) bond motifs is 1. The lowest BCUT2D eigenvalue weighted by Crippen LogP contribution is -2.50. The molecular weight excluding hydrogens is 458 g/mol. The summed E-state index contributed by atoms with van der Waals surface area (Å²) in [5, 5.41) is 5.61. The minimum atomic E-state index is -0.192. The van der Waals surface area contributed by atoms with Crippen LogP contribution in [-0.2, 0) is 11.2 Å². The van der Waals surface area contributed by atoms with Crippen molar-refractivity contribution in [1.82, 2.24) is 15.1 Å². The predicted octanol–water partition coefficient (Wildman–Crippen LogP) is 5.29. The van der Waals surface area contributed by atoms with E-state index in [2.05, 4.69) is 30.6 Å². The van der Waals surface area contributed by atoms with E-state index >= 15 is 0 Å². The van der Waals surface area contributed by atoms with Gasteiger partial charge in [0, 0.05) is 29.5 Å². The Morgan fingerprint density at radius 3 is 2.82 bits per heavy atom. The van der Waals surface area contributed by atoms with Crippen LogP contribution in [0.2, 0.25) is 5.02 Å². The molecule has 180 valence electrons. The zero-order chi connectivity index (χ0) is 24.0. The third kappa shape index (κ3) is 6.42. The van der Waals surface area contributed by atoms with Gasteiger partial charge in [-0.3, -0.25) is 4.79 Å². The molecule has 33 heavy (non-hydrogen) atoms. The Hall–Kier alpha value is -2.25. The molecule has 0 unspecified atom stereocenters. The lowest BCUT2D eigenvalue weighted by Gasteiger charge is -2.37. The number of urea groups is 1. The van der Waals surface area contributed by atoms with Crippen LogP contribution in [0.1, 0.15) is 49.2 Å². The minimum absolute atomic E-state index is 0.0534. The van der Waals surface area contributed by atoms with E-state index in [4.69, 9.17) is 16.3 Å². The van der Waals surface area contributed by atoms with Gasteiger partial charge in [-0.25, -0.2) is 4.79 Å². The second kappa shape index (κ2) is 11.7. The van der Waals surface area contributed by atoms with Gasteiger partial charge in [0.05, 0.1) is 6.04 Å². The molecule has 0 fully saturated rings. The Morgan fingerprint density at radius 2 is 2.12 bits per heavy atom.